The Labute approximate surface area is 192 Å². The standard InChI is InChI=1S/C25H28FN3O4/c1-28-16-21(33-20-9-5-8-19(26)14-20)15-22(24(30)27-32)23(28)25(31)29-12-10-18(11-13-29)17-6-3-2-4-7-17/h2-10,14,21-23,32H,11-13,15-16H2,1H3,(H,27,30)/t21-,22-,23-/m0/s1. The number of nitrogens with zero attached hydrogens (tertiary/aromatic N) is 2. The number of halogens is 1. The summed E-state index contributed by atoms with van der Waals surface area (Å²) in [6, 6.07) is 15.1. The molecular formula is C25H28FN3O4. The molecule has 0 radical (unpaired) electrons. The first-order chi connectivity index (χ1) is 16.0. The summed E-state index contributed by atoms with van der Waals surface area (Å²) in [7, 11) is 1.76. The average Bonchev–Trinajstić information content (AvgIpc) is 2.83. The zero-order valence-electron chi connectivity index (χ0n) is 18.5. The summed E-state index contributed by atoms with van der Waals surface area (Å²) < 4.78 is 19.4. The van der Waals surface area contributed by atoms with Crippen LogP contribution in [-0.2, 0) is 9.59 Å². The lowest BCUT2D eigenvalue weighted by Crippen LogP contribution is -2.60. The molecule has 0 aliphatic carbocycles. The number of likely N-dealkylation sites (tertiary alicyclic amines) is 1. The van der Waals surface area contributed by atoms with Crippen molar-refractivity contribution in [3.63, 3.8) is 0 Å². The SMILES string of the molecule is CN1C[C@@H](Oc2cccc(F)c2)C[C@H](C(=O)NO)[C@H]1C(=O)N1CC=C(c2ccccc2)CC1. The molecule has 0 saturated carbocycles. The molecule has 2 heterocycles. The van der Waals surface area contributed by atoms with Gasteiger partial charge in [-0.3, -0.25) is 19.7 Å². The van der Waals surface area contributed by atoms with Crippen molar-refractivity contribution in [2.24, 2.45) is 5.92 Å². The minimum absolute atomic E-state index is 0.154. The van der Waals surface area contributed by atoms with Crippen LogP contribution in [-0.4, -0.2) is 65.6 Å². The molecule has 1 saturated heterocycles. The summed E-state index contributed by atoms with van der Waals surface area (Å²) in [4.78, 5) is 29.5. The van der Waals surface area contributed by atoms with E-state index in [1.165, 1.54) is 17.7 Å². The van der Waals surface area contributed by atoms with Crippen molar-refractivity contribution < 1.29 is 23.9 Å². The molecular weight excluding hydrogens is 425 g/mol. The minimum Gasteiger partial charge on any atom is -0.489 e. The van der Waals surface area contributed by atoms with Crippen LogP contribution in [0.4, 0.5) is 4.39 Å². The Kier molecular flexibility index (Phi) is 7.05. The number of hydroxylamine groups is 1. The summed E-state index contributed by atoms with van der Waals surface area (Å²) in [5.74, 6) is -1.65. The Morgan fingerprint density at radius 3 is 2.61 bits per heavy atom. The predicted octanol–water partition coefficient (Wildman–Crippen LogP) is 2.71. The largest absolute Gasteiger partial charge is 0.489 e. The molecule has 2 aromatic rings. The predicted molar refractivity (Wildman–Crippen MR) is 121 cm³/mol. The van der Waals surface area contributed by atoms with E-state index in [1.807, 2.05) is 18.2 Å². The Balaban J connectivity index is 1.47. The van der Waals surface area contributed by atoms with Crippen molar-refractivity contribution in [3.05, 3.63) is 72.1 Å². The normalized spacial score (nSPS) is 23.5. The topological polar surface area (TPSA) is 82.1 Å². The molecule has 2 aromatic carbocycles. The van der Waals surface area contributed by atoms with Gasteiger partial charge in [-0.15, -0.1) is 0 Å². The molecule has 2 aliphatic heterocycles. The zero-order valence-corrected chi connectivity index (χ0v) is 18.5. The second kappa shape index (κ2) is 10.1. The smallest absolute Gasteiger partial charge is 0.248 e. The van der Waals surface area contributed by atoms with E-state index in [9.17, 15) is 19.2 Å². The van der Waals surface area contributed by atoms with Gasteiger partial charge in [-0.2, -0.15) is 0 Å². The van der Waals surface area contributed by atoms with Gasteiger partial charge in [0.1, 0.15) is 23.7 Å². The van der Waals surface area contributed by atoms with E-state index in [4.69, 9.17) is 4.74 Å². The van der Waals surface area contributed by atoms with Crippen LogP contribution in [0.3, 0.4) is 0 Å². The van der Waals surface area contributed by atoms with Gasteiger partial charge >= 0.3 is 0 Å². The number of nitrogens with one attached hydrogen (secondary N) is 1. The van der Waals surface area contributed by atoms with Crippen molar-refractivity contribution in [1.29, 1.82) is 0 Å². The number of carbonyl (C=O) groups is 2. The molecule has 7 nitrogen and oxygen atoms in total. The fourth-order valence-corrected chi connectivity index (χ4v) is 4.71. The molecule has 2 N–H and O–H groups in total. The first kappa shape index (κ1) is 22.9. The van der Waals surface area contributed by atoms with E-state index in [0.717, 1.165) is 12.0 Å². The summed E-state index contributed by atoms with van der Waals surface area (Å²) in [5.41, 5.74) is 4.05. The molecule has 0 unspecified atom stereocenters. The number of carbonyl (C=O) groups excluding carboxylic acids is 2. The number of rotatable bonds is 5. The molecule has 4 rings (SSSR count). The van der Waals surface area contributed by atoms with Gasteiger partial charge in [0.15, 0.2) is 0 Å². The molecule has 33 heavy (non-hydrogen) atoms. The van der Waals surface area contributed by atoms with Crippen LogP contribution in [0, 0.1) is 11.7 Å². The van der Waals surface area contributed by atoms with E-state index in [2.05, 4.69) is 18.2 Å². The lowest BCUT2D eigenvalue weighted by Gasteiger charge is -2.43. The lowest BCUT2D eigenvalue weighted by atomic mass is 9.86. The summed E-state index contributed by atoms with van der Waals surface area (Å²) in [6.07, 6.45) is 2.57. The third kappa shape index (κ3) is 5.23. The highest BCUT2D eigenvalue weighted by atomic mass is 19.1. The van der Waals surface area contributed by atoms with E-state index >= 15 is 0 Å². The van der Waals surface area contributed by atoms with Crippen LogP contribution in [0.1, 0.15) is 18.4 Å². The summed E-state index contributed by atoms with van der Waals surface area (Å²) in [5, 5.41) is 9.31. The van der Waals surface area contributed by atoms with E-state index in [0.29, 0.717) is 25.4 Å². The monoisotopic (exact) mass is 453 g/mol. The lowest BCUT2D eigenvalue weighted by molar-refractivity contribution is -0.151. The number of ether oxygens (including phenoxy) is 1. The second-order valence-electron chi connectivity index (χ2n) is 8.53. The Morgan fingerprint density at radius 2 is 1.94 bits per heavy atom. The van der Waals surface area contributed by atoms with Crippen molar-refractivity contribution in [3.8, 4) is 5.75 Å². The minimum atomic E-state index is -0.806. The quantitative estimate of drug-likeness (QED) is 0.538. The van der Waals surface area contributed by atoms with Crippen molar-refractivity contribution in [2.75, 3.05) is 26.7 Å². The van der Waals surface area contributed by atoms with Crippen molar-refractivity contribution in [2.45, 2.75) is 25.0 Å². The molecule has 3 atom stereocenters. The molecule has 0 spiro atoms. The van der Waals surface area contributed by atoms with Crippen LogP contribution < -0.4 is 10.2 Å². The fraction of sp³-hybridized carbons (Fsp3) is 0.360. The number of likely N-dealkylation sites (N-methyl/N-ethyl adjacent to an activating group) is 1. The van der Waals surface area contributed by atoms with Crippen molar-refractivity contribution in [1.82, 2.24) is 15.3 Å². The highest BCUT2D eigenvalue weighted by molar-refractivity contribution is 5.90. The molecule has 0 aromatic heterocycles. The van der Waals surface area contributed by atoms with Crippen LogP contribution in [0.5, 0.6) is 5.75 Å². The Morgan fingerprint density at radius 1 is 1.15 bits per heavy atom. The molecule has 8 heteroatoms. The second-order valence-corrected chi connectivity index (χ2v) is 8.53. The summed E-state index contributed by atoms with van der Waals surface area (Å²) >= 11 is 0. The number of hydrogen-bond donors (Lipinski definition) is 2. The molecule has 2 amide bonds. The molecule has 0 bridgehead atoms. The third-order valence-corrected chi connectivity index (χ3v) is 6.33. The fourth-order valence-electron chi connectivity index (χ4n) is 4.71. The average molecular weight is 454 g/mol. The third-order valence-electron chi connectivity index (χ3n) is 6.33. The van der Waals surface area contributed by atoms with Crippen molar-refractivity contribution >= 4 is 17.4 Å². The highest BCUT2D eigenvalue weighted by Crippen LogP contribution is 2.30. The maximum absolute atomic E-state index is 13.5. The highest BCUT2D eigenvalue weighted by Gasteiger charge is 2.45. The summed E-state index contributed by atoms with van der Waals surface area (Å²) in [6.45, 7) is 1.41. The number of piperidine rings is 1. The van der Waals surface area contributed by atoms with Crippen LogP contribution in [0.2, 0.25) is 0 Å². The van der Waals surface area contributed by atoms with E-state index in [1.54, 1.807) is 34.5 Å². The van der Waals surface area contributed by atoms with Gasteiger partial charge in [-0.1, -0.05) is 42.5 Å². The Hall–Kier alpha value is -3.23. The van der Waals surface area contributed by atoms with Gasteiger partial charge in [0.2, 0.25) is 11.8 Å². The number of amides is 2. The first-order valence-electron chi connectivity index (χ1n) is 11.1. The maximum atomic E-state index is 13.5. The van der Waals surface area contributed by atoms with E-state index in [-0.39, 0.29) is 12.3 Å². The van der Waals surface area contributed by atoms with Gasteiger partial charge in [-0.25, -0.2) is 9.87 Å². The molecule has 1 fully saturated rings. The number of benzene rings is 2. The van der Waals surface area contributed by atoms with Gasteiger partial charge in [0.25, 0.3) is 0 Å². The van der Waals surface area contributed by atoms with Gasteiger partial charge in [0, 0.05) is 25.7 Å². The zero-order chi connectivity index (χ0) is 23.4. The Bertz CT molecular complexity index is 1030. The molecule has 2 aliphatic rings. The van der Waals surface area contributed by atoms with Crippen LogP contribution in [0.15, 0.2) is 60.7 Å². The molecule has 174 valence electrons. The van der Waals surface area contributed by atoms with Crippen LogP contribution >= 0.6 is 0 Å². The number of hydrogen-bond acceptors (Lipinski definition) is 5. The maximum Gasteiger partial charge on any atom is 0.248 e. The van der Waals surface area contributed by atoms with Gasteiger partial charge < -0.3 is 9.64 Å². The van der Waals surface area contributed by atoms with Crippen LogP contribution in [0.25, 0.3) is 5.57 Å². The first-order valence-corrected chi connectivity index (χ1v) is 11.1. The van der Waals surface area contributed by atoms with E-state index < -0.39 is 29.8 Å². The van der Waals surface area contributed by atoms with Gasteiger partial charge in [0.05, 0.1) is 5.92 Å². The van der Waals surface area contributed by atoms with Gasteiger partial charge in [-0.05, 0) is 43.2 Å².